The number of rotatable bonds is 4. The minimum absolute atomic E-state index is 0.0556. The van der Waals surface area contributed by atoms with Crippen LogP contribution in [0.25, 0.3) is 0 Å². The van der Waals surface area contributed by atoms with Crippen molar-refractivity contribution in [2.75, 3.05) is 11.9 Å². The molecule has 0 atom stereocenters. The number of hydrogen-bond acceptors (Lipinski definition) is 3. The van der Waals surface area contributed by atoms with Crippen molar-refractivity contribution in [1.29, 1.82) is 0 Å². The predicted molar refractivity (Wildman–Crippen MR) is 85.4 cm³/mol. The van der Waals surface area contributed by atoms with E-state index < -0.39 is 10.7 Å². The van der Waals surface area contributed by atoms with Crippen molar-refractivity contribution in [2.24, 2.45) is 11.8 Å². The van der Waals surface area contributed by atoms with Gasteiger partial charge in [0.2, 0.25) is 0 Å². The van der Waals surface area contributed by atoms with Crippen LogP contribution in [0.5, 0.6) is 0 Å². The Morgan fingerprint density at radius 1 is 1.40 bits per heavy atom. The molecule has 20 heavy (non-hydrogen) atoms. The van der Waals surface area contributed by atoms with Crippen LogP contribution in [0.2, 0.25) is 0 Å². The quantitative estimate of drug-likeness (QED) is 0.464. The van der Waals surface area contributed by atoms with Gasteiger partial charge < -0.3 is 5.32 Å². The zero-order chi connectivity index (χ0) is 14.7. The molecular formula is C14H18FIN2O2. The molecule has 0 radical (unpaired) electrons. The lowest BCUT2D eigenvalue weighted by molar-refractivity contribution is -0.384. The largest absolute Gasteiger partial charge is 0.379 e. The monoisotopic (exact) mass is 392 g/mol. The third-order valence-corrected chi connectivity index (χ3v) is 4.78. The van der Waals surface area contributed by atoms with E-state index in [-0.39, 0.29) is 14.9 Å². The van der Waals surface area contributed by atoms with Crippen LogP contribution in [0.4, 0.5) is 15.8 Å². The Kier molecular flexibility index (Phi) is 5.17. The summed E-state index contributed by atoms with van der Waals surface area (Å²) in [6, 6.07) is 2.51. The maximum absolute atomic E-state index is 13.6. The van der Waals surface area contributed by atoms with E-state index in [4.69, 9.17) is 0 Å². The topological polar surface area (TPSA) is 55.2 Å². The molecular weight excluding hydrogens is 374 g/mol. The molecule has 1 aromatic rings. The fourth-order valence-corrected chi connectivity index (χ4v) is 3.07. The first-order valence-electron chi connectivity index (χ1n) is 6.84. The number of nitro benzene ring substituents is 1. The van der Waals surface area contributed by atoms with Crippen molar-refractivity contribution < 1.29 is 9.31 Å². The summed E-state index contributed by atoms with van der Waals surface area (Å²) >= 11 is 1.77. The van der Waals surface area contributed by atoms with Crippen molar-refractivity contribution in [3.05, 3.63) is 31.6 Å². The number of nitrogens with one attached hydrogen (secondary N) is 1. The van der Waals surface area contributed by atoms with Crippen LogP contribution in [0.3, 0.4) is 0 Å². The summed E-state index contributed by atoms with van der Waals surface area (Å²) in [5.41, 5.74) is 0.228. The Morgan fingerprint density at radius 2 is 2.05 bits per heavy atom. The van der Waals surface area contributed by atoms with Gasteiger partial charge in [0.25, 0.3) is 5.69 Å². The molecule has 0 aromatic heterocycles. The second-order valence-corrected chi connectivity index (χ2v) is 6.71. The van der Waals surface area contributed by atoms with Crippen molar-refractivity contribution >= 4 is 34.0 Å². The van der Waals surface area contributed by atoms with Gasteiger partial charge in [-0.15, -0.1) is 0 Å². The Morgan fingerprint density at radius 3 is 2.65 bits per heavy atom. The molecule has 2 rings (SSSR count). The Hall–Kier alpha value is -0.920. The van der Waals surface area contributed by atoms with Crippen LogP contribution >= 0.6 is 22.6 Å². The first kappa shape index (κ1) is 15.5. The number of halogens is 2. The van der Waals surface area contributed by atoms with Crippen LogP contribution in [0, 0.1) is 31.3 Å². The molecule has 0 heterocycles. The Bertz CT molecular complexity index is 502. The molecule has 1 aliphatic carbocycles. The molecule has 110 valence electrons. The van der Waals surface area contributed by atoms with Crippen molar-refractivity contribution in [1.82, 2.24) is 0 Å². The molecule has 1 saturated carbocycles. The molecule has 0 unspecified atom stereocenters. The van der Waals surface area contributed by atoms with E-state index in [0.29, 0.717) is 12.5 Å². The normalized spacial score (nSPS) is 22.6. The minimum Gasteiger partial charge on any atom is -0.379 e. The molecule has 0 aliphatic heterocycles. The van der Waals surface area contributed by atoms with E-state index in [1.54, 1.807) is 22.6 Å². The highest BCUT2D eigenvalue weighted by Crippen LogP contribution is 2.31. The summed E-state index contributed by atoms with van der Waals surface area (Å²) < 4.78 is 13.8. The maximum atomic E-state index is 13.6. The fraction of sp³-hybridized carbons (Fsp3) is 0.571. The van der Waals surface area contributed by atoms with Crippen LogP contribution in [-0.2, 0) is 0 Å². The van der Waals surface area contributed by atoms with Crippen LogP contribution in [0.1, 0.15) is 32.6 Å². The van der Waals surface area contributed by atoms with E-state index in [0.717, 1.165) is 18.8 Å². The van der Waals surface area contributed by atoms with Crippen LogP contribution in [-0.4, -0.2) is 11.5 Å². The SMILES string of the molecule is CC1CCC(CNc2cc(F)c(I)cc2[N+](=O)[O-])CC1. The van der Waals surface area contributed by atoms with Gasteiger partial charge in [0.1, 0.15) is 11.5 Å². The van der Waals surface area contributed by atoms with Crippen LogP contribution < -0.4 is 5.32 Å². The zero-order valence-electron chi connectivity index (χ0n) is 11.4. The highest BCUT2D eigenvalue weighted by Gasteiger charge is 2.21. The number of anilines is 1. The van der Waals surface area contributed by atoms with Crippen molar-refractivity contribution in [3.63, 3.8) is 0 Å². The van der Waals surface area contributed by atoms with Gasteiger partial charge in [-0.3, -0.25) is 10.1 Å². The average molecular weight is 392 g/mol. The lowest BCUT2D eigenvalue weighted by atomic mass is 9.83. The molecule has 1 fully saturated rings. The molecule has 0 bridgehead atoms. The van der Waals surface area contributed by atoms with Gasteiger partial charge in [-0.2, -0.15) is 0 Å². The van der Waals surface area contributed by atoms with Crippen LogP contribution in [0.15, 0.2) is 12.1 Å². The highest BCUT2D eigenvalue weighted by molar-refractivity contribution is 14.1. The van der Waals surface area contributed by atoms with E-state index in [9.17, 15) is 14.5 Å². The van der Waals surface area contributed by atoms with Gasteiger partial charge in [-0.1, -0.05) is 19.8 Å². The first-order valence-corrected chi connectivity index (χ1v) is 7.92. The third kappa shape index (κ3) is 3.80. The molecule has 0 saturated heterocycles. The molecule has 1 aromatic carbocycles. The molecule has 1 N–H and O–H groups in total. The molecule has 0 amide bonds. The summed E-state index contributed by atoms with van der Waals surface area (Å²) in [5.74, 6) is 0.875. The number of nitrogens with zero attached hydrogens (tertiary/aromatic N) is 1. The Balaban J connectivity index is 2.05. The Labute approximate surface area is 131 Å². The first-order chi connectivity index (χ1) is 9.47. The van der Waals surface area contributed by atoms with E-state index >= 15 is 0 Å². The van der Waals surface area contributed by atoms with Gasteiger partial charge >= 0.3 is 0 Å². The second kappa shape index (κ2) is 6.69. The third-order valence-electron chi connectivity index (χ3n) is 3.95. The summed E-state index contributed by atoms with van der Waals surface area (Å²) in [6.45, 7) is 2.93. The summed E-state index contributed by atoms with van der Waals surface area (Å²) in [6.07, 6.45) is 4.68. The standard InChI is InChI=1S/C14H18FIN2O2/c1-9-2-4-10(5-3-9)8-17-13-6-11(15)12(16)7-14(13)18(19)20/h6-7,9-10,17H,2-5,8H2,1H3. The number of hydrogen-bond donors (Lipinski definition) is 1. The average Bonchev–Trinajstić information content (AvgIpc) is 2.41. The smallest absolute Gasteiger partial charge is 0.293 e. The van der Waals surface area contributed by atoms with Gasteiger partial charge in [0.05, 0.1) is 8.49 Å². The van der Waals surface area contributed by atoms with Gasteiger partial charge in [0, 0.05) is 18.7 Å². The number of benzene rings is 1. The van der Waals surface area contributed by atoms with Crippen molar-refractivity contribution in [2.45, 2.75) is 32.6 Å². The maximum Gasteiger partial charge on any atom is 0.293 e. The molecule has 4 nitrogen and oxygen atoms in total. The lowest BCUT2D eigenvalue weighted by Gasteiger charge is -2.26. The fourth-order valence-electron chi connectivity index (χ4n) is 2.62. The van der Waals surface area contributed by atoms with E-state index in [2.05, 4.69) is 12.2 Å². The van der Waals surface area contributed by atoms with Gasteiger partial charge in [-0.05, 0) is 47.3 Å². The zero-order valence-corrected chi connectivity index (χ0v) is 13.5. The lowest BCUT2D eigenvalue weighted by Crippen LogP contribution is -2.20. The number of nitro groups is 1. The molecule has 1 aliphatic rings. The van der Waals surface area contributed by atoms with Crippen molar-refractivity contribution in [3.8, 4) is 0 Å². The summed E-state index contributed by atoms with van der Waals surface area (Å²) in [7, 11) is 0. The molecule has 6 heteroatoms. The summed E-state index contributed by atoms with van der Waals surface area (Å²) in [5, 5.41) is 14.1. The van der Waals surface area contributed by atoms with Gasteiger partial charge in [0.15, 0.2) is 0 Å². The minimum atomic E-state index is -0.465. The summed E-state index contributed by atoms with van der Waals surface area (Å²) in [4.78, 5) is 10.6. The highest BCUT2D eigenvalue weighted by atomic mass is 127. The van der Waals surface area contributed by atoms with Gasteiger partial charge in [-0.25, -0.2) is 4.39 Å². The van der Waals surface area contributed by atoms with E-state index in [1.807, 2.05) is 0 Å². The molecule has 0 spiro atoms. The predicted octanol–water partition coefficient (Wildman–Crippen LogP) is 4.58. The van der Waals surface area contributed by atoms with E-state index in [1.165, 1.54) is 25.0 Å². The second-order valence-electron chi connectivity index (χ2n) is 5.55.